The summed E-state index contributed by atoms with van der Waals surface area (Å²) in [6.07, 6.45) is 0.886. The summed E-state index contributed by atoms with van der Waals surface area (Å²) in [6, 6.07) is 9.56. The molecule has 1 aromatic heterocycles. The zero-order valence-electron chi connectivity index (χ0n) is 20.1. The van der Waals surface area contributed by atoms with Crippen molar-refractivity contribution in [1.29, 1.82) is 0 Å². The van der Waals surface area contributed by atoms with Crippen molar-refractivity contribution in [3.8, 4) is 0 Å². The van der Waals surface area contributed by atoms with Gasteiger partial charge in [-0.1, -0.05) is 29.0 Å². The van der Waals surface area contributed by atoms with Crippen molar-refractivity contribution in [3.63, 3.8) is 0 Å². The molecular weight excluding hydrogens is 503 g/mol. The number of halogens is 2. The molecule has 0 aliphatic carbocycles. The summed E-state index contributed by atoms with van der Waals surface area (Å²) in [5, 5.41) is 1.21. The number of ether oxygens (including phenoxy) is 1. The van der Waals surface area contributed by atoms with Gasteiger partial charge in [0.25, 0.3) is 0 Å². The summed E-state index contributed by atoms with van der Waals surface area (Å²) in [5.74, 6) is -1.14. The summed E-state index contributed by atoms with van der Waals surface area (Å²) in [4.78, 5) is 37.1. The number of morpholine rings is 1. The van der Waals surface area contributed by atoms with E-state index in [1.165, 1.54) is 23.5 Å². The topological polar surface area (TPSA) is 66.0 Å². The van der Waals surface area contributed by atoms with Gasteiger partial charge in [-0.3, -0.25) is 19.4 Å². The first-order valence-electron chi connectivity index (χ1n) is 12.1. The molecular formula is C26H28ClFN4O3S. The highest BCUT2D eigenvalue weighted by atomic mass is 35.5. The van der Waals surface area contributed by atoms with Crippen LogP contribution in [-0.2, 0) is 14.3 Å². The second-order valence-corrected chi connectivity index (χ2v) is 10.6. The number of rotatable bonds is 7. The van der Waals surface area contributed by atoms with Gasteiger partial charge in [-0.05, 0) is 49.2 Å². The first-order valence-corrected chi connectivity index (χ1v) is 13.3. The van der Waals surface area contributed by atoms with E-state index in [0.717, 1.165) is 55.0 Å². The number of benzene rings is 2. The highest BCUT2D eigenvalue weighted by molar-refractivity contribution is 7.23. The van der Waals surface area contributed by atoms with Crippen molar-refractivity contribution in [2.75, 3.05) is 55.7 Å². The normalized spacial score (nSPS) is 18.8. The third kappa shape index (κ3) is 5.25. The first kappa shape index (κ1) is 25.1. The maximum Gasteiger partial charge on any atom is 0.234 e. The molecule has 2 aliphatic heterocycles. The maximum atomic E-state index is 13.8. The van der Waals surface area contributed by atoms with E-state index < -0.39 is 5.92 Å². The molecule has 36 heavy (non-hydrogen) atoms. The predicted octanol–water partition coefficient (Wildman–Crippen LogP) is 4.51. The Bertz CT molecular complexity index is 1220. The number of anilines is 2. The van der Waals surface area contributed by atoms with E-state index in [0.29, 0.717) is 22.4 Å². The van der Waals surface area contributed by atoms with E-state index in [-0.39, 0.29) is 30.6 Å². The van der Waals surface area contributed by atoms with E-state index in [1.54, 1.807) is 21.9 Å². The molecule has 0 bridgehead atoms. The zero-order chi connectivity index (χ0) is 25.2. The summed E-state index contributed by atoms with van der Waals surface area (Å²) >= 11 is 7.85. The quantitative estimate of drug-likeness (QED) is 0.450. The molecule has 0 radical (unpaired) electrons. The fourth-order valence-electron chi connectivity index (χ4n) is 4.75. The minimum Gasteiger partial charge on any atom is -0.379 e. The molecule has 190 valence electrons. The fourth-order valence-corrected chi connectivity index (χ4v) is 6.10. The number of thiazole rings is 1. The Kier molecular flexibility index (Phi) is 7.52. The van der Waals surface area contributed by atoms with Crippen molar-refractivity contribution >= 4 is 55.8 Å². The van der Waals surface area contributed by atoms with Crippen LogP contribution in [0.1, 0.15) is 18.4 Å². The lowest BCUT2D eigenvalue weighted by molar-refractivity contribution is -0.124. The average molecular weight is 531 g/mol. The Hall–Kier alpha value is -2.59. The third-order valence-electron chi connectivity index (χ3n) is 6.76. The van der Waals surface area contributed by atoms with Crippen molar-refractivity contribution in [2.45, 2.75) is 19.8 Å². The van der Waals surface area contributed by atoms with Crippen LogP contribution in [0, 0.1) is 18.7 Å². The average Bonchev–Trinajstić information content (AvgIpc) is 3.50. The van der Waals surface area contributed by atoms with E-state index in [2.05, 4.69) is 4.90 Å². The molecule has 7 nitrogen and oxygen atoms in total. The molecule has 0 spiro atoms. The predicted molar refractivity (Wildman–Crippen MR) is 140 cm³/mol. The molecule has 5 rings (SSSR count). The standard InChI is InChI=1S/C26H28ClFN4O3S/c1-17-3-8-21(27)24-23(17)29-26(36-24)31(10-2-9-30-11-13-35-14-12-30)25(34)18-15-22(33)32(16-18)20-6-4-19(28)5-7-20/h3-8,18H,2,9-16H2,1H3. The van der Waals surface area contributed by atoms with Gasteiger partial charge < -0.3 is 9.64 Å². The molecule has 0 saturated carbocycles. The first-order chi connectivity index (χ1) is 17.4. The van der Waals surface area contributed by atoms with Gasteiger partial charge in [0, 0.05) is 44.8 Å². The number of hydrogen-bond donors (Lipinski definition) is 0. The molecule has 2 fully saturated rings. The van der Waals surface area contributed by atoms with Crippen LogP contribution >= 0.6 is 22.9 Å². The Labute approximate surface area is 218 Å². The highest BCUT2D eigenvalue weighted by Gasteiger charge is 2.38. The molecule has 1 atom stereocenters. The number of carbonyl (C=O) groups excluding carboxylic acids is 2. The van der Waals surface area contributed by atoms with Crippen LogP contribution in [0.15, 0.2) is 36.4 Å². The van der Waals surface area contributed by atoms with Gasteiger partial charge in [-0.15, -0.1) is 0 Å². The Morgan fingerprint density at radius 2 is 1.97 bits per heavy atom. The van der Waals surface area contributed by atoms with Crippen LogP contribution in [0.5, 0.6) is 0 Å². The summed E-state index contributed by atoms with van der Waals surface area (Å²) in [6.45, 7) is 6.79. The Morgan fingerprint density at radius 3 is 2.69 bits per heavy atom. The molecule has 10 heteroatoms. The number of carbonyl (C=O) groups is 2. The molecule has 2 amide bonds. The maximum absolute atomic E-state index is 13.8. The van der Waals surface area contributed by atoms with E-state index >= 15 is 0 Å². The second-order valence-electron chi connectivity index (χ2n) is 9.22. The van der Waals surface area contributed by atoms with Crippen LogP contribution in [-0.4, -0.2) is 67.6 Å². The number of aryl methyl sites for hydroxylation is 1. The smallest absolute Gasteiger partial charge is 0.234 e. The molecule has 3 aromatic rings. The SMILES string of the molecule is Cc1ccc(Cl)c2sc(N(CCCN3CCOCC3)C(=O)C3CC(=O)N(c4ccc(F)cc4)C3)nc12. The van der Waals surface area contributed by atoms with E-state index in [1.807, 2.05) is 19.1 Å². The molecule has 2 saturated heterocycles. The summed E-state index contributed by atoms with van der Waals surface area (Å²) < 4.78 is 19.7. The van der Waals surface area contributed by atoms with Crippen molar-refractivity contribution in [2.24, 2.45) is 5.92 Å². The van der Waals surface area contributed by atoms with Gasteiger partial charge in [-0.25, -0.2) is 9.37 Å². The van der Waals surface area contributed by atoms with Crippen molar-refractivity contribution < 1.29 is 18.7 Å². The lowest BCUT2D eigenvalue weighted by Crippen LogP contribution is -2.41. The molecule has 1 unspecified atom stereocenters. The van der Waals surface area contributed by atoms with Crippen molar-refractivity contribution in [1.82, 2.24) is 9.88 Å². The van der Waals surface area contributed by atoms with Crippen molar-refractivity contribution in [3.05, 3.63) is 52.8 Å². The lowest BCUT2D eigenvalue weighted by Gasteiger charge is -2.28. The van der Waals surface area contributed by atoms with Crippen LogP contribution < -0.4 is 9.80 Å². The minimum atomic E-state index is -0.505. The number of fused-ring (bicyclic) bond motifs is 1. The largest absolute Gasteiger partial charge is 0.379 e. The number of nitrogens with zero attached hydrogens (tertiary/aromatic N) is 4. The molecule has 2 aromatic carbocycles. The number of amides is 2. The van der Waals surface area contributed by atoms with Crippen LogP contribution in [0.25, 0.3) is 10.2 Å². The van der Waals surface area contributed by atoms with E-state index in [9.17, 15) is 14.0 Å². The van der Waals surface area contributed by atoms with Gasteiger partial charge in [-0.2, -0.15) is 0 Å². The van der Waals surface area contributed by atoms with Gasteiger partial charge in [0.05, 0.1) is 34.4 Å². The fraction of sp³-hybridized carbons (Fsp3) is 0.423. The summed E-state index contributed by atoms with van der Waals surface area (Å²) in [5.41, 5.74) is 2.39. The number of hydrogen-bond acceptors (Lipinski definition) is 6. The third-order valence-corrected chi connectivity index (χ3v) is 8.29. The number of aromatic nitrogens is 1. The zero-order valence-corrected chi connectivity index (χ0v) is 21.7. The van der Waals surface area contributed by atoms with Gasteiger partial charge in [0.15, 0.2) is 5.13 Å². The monoisotopic (exact) mass is 530 g/mol. The van der Waals surface area contributed by atoms with Crippen LogP contribution in [0.4, 0.5) is 15.2 Å². The lowest BCUT2D eigenvalue weighted by atomic mass is 10.1. The molecule has 3 heterocycles. The summed E-state index contributed by atoms with van der Waals surface area (Å²) in [7, 11) is 0. The Morgan fingerprint density at radius 1 is 1.22 bits per heavy atom. The molecule has 2 aliphatic rings. The van der Waals surface area contributed by atoms with Gasteiger partial charge in [0.2, 0.25) is 11.8 Å². The second kappa shape index (κ2) is 10.8. The van der Waals surface area contributed by atoms with Gasteiger partial charge >= 0.3 is 0 Å². The minimum absolute atomic E-state index is 0.112. The highest BCUT2D eigenvalue weighted by Crippen LogP contribution is 2.37. The molecule has 0 N–H and O–H groups in total. The van der Waals surface area contributed by atoms with Gasteiger partial charge in [0.1, 0.15) is 5.82 Å². The van der Waals surface area contributed by atoms with Crippen LogP contribution in [0.2, 0.25) is 5.02 Å². The van der Waals surface area contributed by atoms with Crippen LogP contribution in [0.3, 0.4) is 0 Å². The Balaban J connectivity index is 1.38. The van der Waals surface area contributed by atoms with E-state index in [4.69, 9.17) is 21.3 Å².